The van der Waals surface area contributed by atoms with E-state index in [2.05, 4.69) is 16.2 Å². The van der Waals surface area contributed by atoms with Crippen molar-refractivity contribution in [3.63, 3.8) is 0 Å². The molecule has 104 valence electrons. The standard InChI is InChI=1S/C17H10N4S/c18-11-13-8-9-14(15-7-4-10-22-15)21-17(13)19-16(20-21)12-5-2-1-3-6-12/h1-10H. The van der Waals surface area contributed by atoms with Crippen molar-refractivity contribution < 1.29 is 0 Å². The van der Waals surface area contributed by atoms with Crippen LogP contribution in [0.5, 0.6) is 0 Å². The molecule has 4 nitrogen and oxygen atoms in total. The Kier molecular flexibility index (Phi) is 2.95. The summed E-state index contributed by atoms with van der Waals surface area (Å²) in [5, 5.41) is 15.9. The van der Waals surface area contributed by atoms with Gasteiger partial charge in [0.05, 0.1) is 16.1 Å². The molecule has 0 N–H and O–H groups in total. The van der Waals surface area contributed by atoms with Gasteiger partial charge < -0.3 is 0 Å². The number of benzene rings is 1. The van der Waals surface area contributed by atoms with E-state index in [1.54, 1.807) is 21.9 Å². The zero-order valence-corrected chi connectivity index (χ0v) is 12.3. The molecule has 0 unspecified atom stereocenters. The fourth-order valence-corrected chi connectivity index (χ4v) is 3.11. The molecular formula is C17H10N4S. The van der Waals surface area contributed by atoms with Crippen LogP contribution in [0.15, 0.2) is 60.0 Å². The van der Waals surface area contributed by atoms with Gasteiger partial charge in [-0.25, -0.2) is 9.50 Å². The van der Waals surface area contributed by atoms with Crippen molar-refractivity contribution in [2.75, 3.05) is 0 Å². The molecule has 0 aliphatic carbocycles. The summed E-state index contributed by atoms with van der Waals surface area (Å²) in [5.74, 6) is 0.626. The topological polar surface area (TPSA) is 54.0 Å². The maximum absolute atomic E-state index is 9.31. The maximum Gasteiger partial charge on any atom is 0.182 e. The van der Waals surface area contributed by atoms with Gasteiger partial charge in [0.15, 0.2) is 11.5 Å². The summed E-state index contributed by atoms with van der Waals surface area (Å²) in [6.45, 7) is 0. The van der Waals surface area contributed by atoms with Crippen LogP contribution in [0.3, 0.4) is 0 Å². The fraction of sp³-hybridized carbons (Fsp3) is 0. The van der Waals surface area contributed by atoms with Crippen molar-refractivity contribution in [2.45, 2.75) is 0 Å². The molecule has 1 aromatic carbocycles. The second-order valence-electron chi connectivity index (χ2n) is 4.76. The molecule has 4 aromatic rings. The van der Waals surface area contributed by atoms with Gasteiger partial charge >= 0.3 is 0 Å². The highest BCUT2D eigenvalue weighted by molar-refractivity contribution is 7.13. The lowest BCUT2D eigenvalue weighted by Crippen LogP contribution is -1.95. The van der Waals surface area contributed by atoms with Crippen molar-refractivity contribution >= 4 is 17.0 Å². The minimum Gasteiger partial charge on any atom is -0.210 e. The van der Waals surface area contributed by atoms with E-state index < -0.39 is 0 Å². The van der Waals surface area contributed by atoms with Gasteiger partial charge in [-0.2, -0.15) is 5.26 Å². The first kappa shape index (κ1) is 12.7. The van der Waals surface area contributed by atoms with E-state index in [1.165, 1.54) is 0 Å². The lowest BCUT2D eigenvalue weighted by molar-refractivity contribution is 0.975. The van der Waals surface area contributed by atoms with Gasteiger partial charge in [0.1, 0.15) is 6.07 Å². The summed E-state index contributed by atoms with van der Waals surface area (Å²) in [6.07, 6.45) is 0. The third-order valence-corrected chi connectivity index (χ3v) is 4.30. The number of pyridine rings is 1. The highest BCUT2D eigenvalue weighted by Crippen LogP contribution is 2.27. The lowest BCUT2D eigenvalue weighted by atomic mass is 10.2. The van der Waals surface area contributed by atoms with Crippen molar-refractivity contribution in [3.05, 3.63) is 65.5 Å². The normalized spacial score (nSPS) is 10.7. The van der Waals surface area contributed by atoms with Gasteiger partial charge in [0, 0.05) is 5.56 Å². The van der Waals surface area contributed by atoms with Gasteiger partial charge in [0.2, 0.25) is 0 Å². The highest BCUT2D eigenvalue weighted by atomic mass is 32.1. The molecule has 0 radical (unpaired) electrons. The third-order valence-electron chi connectivity index (χ3n) is 3.41. The largest absolute Gasteiger partial charge is 0.210 e. The number of rotatable bonds is 2. The molecule has 22 heavy (non-hydrogen) atoms. The molecule has 0 fully saturated rings. The third kappa shape index (κ3) is 1.98. The smallest absolute Gasteiger partial charge is 0.182 e. The SMILES string of the molecule is N#Cc1ccc(-c2cccs2)n2nc(-c3ccccc3)nc12. The van der Waals surface area contributed by atoms with E-state index in [-0.39, 0.29) is 0 Å². The second kappa shape index (κ2) is 5.10. The number of nitriles is 1. The Morgan fingerprint density at radius 3 is 2.59 bits per heavy atom. The minimum absolute atomic E-state index is 0.523. The molecule has 0 aliphatic heterocycles. The maximum atomic E-state index is 9.31. The van der Waals surface area contributed by atoms with Crippen LogP contribution in [0.2, 0.25) is 0 Å². The second-order valence-corrected chi connectivity index (χ2v) is 5.71. The Hall–Kier alpha value is -2.97. The molecule has 3 heterocycles. The van der Waals surface area contributed by atoms with Crippen LogP contribution in [-0.4, -0.2) is 14.6 Å². The van der Waals surface area contributed by atoms with Gasteiger partial charge in [-0.05, 0) is 23.6 Å². The molecule has 0 saturated carbocycles. The molecule has 3 aromatic heterocycles. The van der Waals surface area contributed by atoms with Crippen LogP contribution in [0.4, 0.5) is 0 Å². The molecule has 0 bridgehead atoms. The molecule has 0 amide bonds. The van der Waals surface area contributed by atoms with Crippen LogP contribution in [-0.2, 0) is 0 Å². The molecule has 0 atom stereocenters. The Bertz CT molecular complexity index is 979. The highest BCUT2D eigenvalue weighted by Gasteiger charge is 2.14. The predicted molar refractivity (Wildman–Crippen MR) is 86.5 cm³/mol. The molecule has 0 spiro atoms. The quantitative estimate of drug-likeness (QED) is 0.562. The van der Waals surface area contributed by atoms with Crippen LogP contribution in [0, 0.1) is 11.3 Å². The Morgan fingerprint density at radius 2 is 1.86 bits per heavy atom. The van der Waals surface area contributed by atoms with Crippen molar-refractivity contribution in [1.82, 2.24) is 14.6 Å². The van der Waals surface area contributed by atoms with Crippen LogP contribution < -0.4 is 0 Å². The van der Waals surface area contributed by atoms with Crippen LogP contribution >= 0.6 is 11.3 Å². The Labute approximate surface area is 130 Å². The molecule has 0 aliphatic rings. The first-order valence-corrected chi connectivity index (χ1v) is 7.64. The van der Waals surface area contributed by atoms with E-state index in [1.807, 2.05) is 53.9 Å². The number of thiophene rings is 1. The fourth-order valence-electron chi connectivity index (χ4n) is 2.37. The van der Waals surface area contributed by atoms with E-state index in [0.717, 1.165) is 16.1 Å². The summed E-state index contributed by atoms with van der Waals surface area (Å²) in [5.41, 5.74) is 2.99. The van der Waals surface area contributed by atoms with Crippen molar-refractivity contribution in [1.29, 1.82) is 5.26 Å². The lowest BCUT2D eigenvalue weighted by Gasteiger charge is -2.01. The number of hydrogen-bond acceptors (Lipinski definition) is 4. The van der Waals surface area contributed by atoms with Gasteiger partial charge in [0.25, 0.3) is 0 Å². The Balaban J connectivity index is 2.01. The first-order chi connectivity index (χ1) is 10.9. The molecule has 0 saturated heterocycles. The summed E-state index contributed by atoms with van der Waals surface area (Å²) in [6, 6.07) is 19.7. The van der Waals surface area contributed by atoms with Crippen molar-refractivity contribution in [2.24, 2.45) is 0 Å². The monoisotopic (exact) mass is 302 g/mol. The van der Waals surface area contributed by atoms with Crippen LogP contribution in [0.1, 0.15) is 5.56 Å². The molecular weight excluding hydrogens is 292 g/mol. The number of fused-ring (bicyclic) bond motifs is 1. The summed E-state index contributed by atoms with van der Waals surface area (Å²) < 4.78 is 1.76. The number of nitrogens with zero attached hydrogens (tertiary/aromatic N) is 4. The van der Waals surface area contributed by atoms with Gasteiger partial charge in [-0.3, -0.25) is 0 Å². The van der Waals surface area contributed by atoms with E-state index in [0.29, 0.717) is 17.0 Å². The van der Waals surface area contributed by atoms with Crippen molar-refractivity contribution in [3.8, 4) is 28.0 Å². The van der Waals surface area contributed by atoms with E-state index >= 15 is 0 Å². The van der Waals surface area contributed by atoms with E-state index in [9.17, 15) is 5.26 Å². The zero-order valence-electron chi connectivity index (χ0n) is 11.5. The zero-order chi connectivity index (χ0) is 14.9. The Morgan fingerprint density at radius 1 is 1.00 bits per heavy atom. The van der Waals surface area contributed by atoms with Crippen LogP contribution in [0.25, 0.3) is 27.6 Å². The summed E-state index contributed by atoms with van der Waals surface area (Å²) >= 11 is 1.64. The molecule has 4 rings (SSSR count). The predicted octanol–water partition coefficient (Wildman–Crippen LogP) is 4.00. The van der Waals surface area contributed by atoms with E-state index in [4.69, 9.17) is 0 Å². The minimum atomic E-state index is 0.523. The first-order valence-electron chi connectivity index (χ1n) is 6.76. The average molecular weight is 302 g/mol. The van der Waals surface area contributed by atoms with Gasteiger partial charge in [-0.1, -0.05) is 36.4 Å². The summed E-state index contributed by atoms with van der Waals surface area (Å²) in [4.78, 5) is 5.65. The average Bonchev–Trinajstić information content (AvgIpc) is 3.24. The number of aromatic nitrogens is 3. The summed E-state index contributed by atoms with van der Waals surface area (Å²) in [7, 11) is 0. The van der Waals surface area contributed by atoms with Gasteiger partial charge in [-0.15, -0.1) is 16.4 Å². The number of hydrogen-bond donors (Lipinski definition) is 0. The molecule has 5 heteroatoms.